The highest BCUT2D eigenvalue weighted by Crippen LogP contribution is 2.34. The average molecular weight is 502 g/mol. The van der Waals surface area contributed by atoms with E-state index in [4.69, 9.17) is 4.74 Å². The third kappa shape index (κ3) is 8.10. The lowest BCUT2D eigenvalue weighted by atomic mass is 9.87. The van der Waals surface area contributed by atoms with E-state index in [9.17, 15) is 0 Å². The van der Waals surface area contributed by atoms with Crippen molar-refractivity contribution >= 4 is 40.4 Å². The Balaban J connectivity index is 0.00000235. The summed E-state index contributed by atoms with van der Waals surface area (Å²) in [6, 6.07) is 18.7. The summed E-state index contributed by atoms with van der Waals surface area (Å²) in [4.78, 5) is 10.7. The molecule has 0 aliphatic rings. The van der Waals surface area contributed by atoms with Crippen molar-refractivity contribution in [3.63, 3.8) is 0 Å². The van der Waals surface area contributed by atoms with E-state index in [1.807, 2.05) is 43.2 Å². The average Bonchev–Trinajstić information content (AvgIpc) is 2.92. The predicted molar refractivity (Wildman–Crippen MR) is 164 cm³/mol. The molecule has 6 nitrogen and oxygen atoms in total. The maximum atomic E-state index is 5.58. The van der Waals surface area contributed by atoms with Crippen LogP contribution in [0.25, 0.3) is 10.8 Å². The molecule has 0 saturated carbocycles. The molecule has 3 aromatic rings. The summed E-state index contributed by atoms with van der Waals surface area (Å²) in [5, 5.41) is 2.18. The Kier molecular flexibility index (Phi) is 11.7. The number of nitrogens with one attached hydrogen (secondary N) is 2. The van der Waals surface area contributed by atoms with Gasteiger partial charge in [-0.1, -0.05) is 84.9 Å². The molecule has 3 aromatic carbocycles. The van der Waals surface area contributed by atoms with Gasteiger partial charge < -0.3 is 15.1 Å². The first kappa shape index (κ1) is 29.4. The molecule has 3 rings (SSSR count). The van der Waals surface area contributed by atoms with E-state index in [0.29, 0.717) is 6.67 Å². The van der Waals surface area contributed by atoms with Gasteiger partial charge in [-0.15, -0.1) is 0 Å². The lowest BCUT2D eigenvalue weighted by molar-refractivity contribution is 0.416. The van der Waals surface area contributed by atoms with Crippen molar-refractivity contribution in [3.05, 3.63) is 72.9 Å². The third-order valence-corrected chi connectivity index (χ3v) is 5.73. The minimum absolute atomic E-state index is 0.0367. The minimum atomic E-state index is 0.0367. The fourth-order valence-corrected chi connectivity index (χ4v) is 3.70. The van der Waals surface area contributed by atoms with Gasteiger partial charge in [0.25, 0.3) is 0 Å². The van der Waals surface area contributed by atoms with Crippen molar-refractivity contribution in [2.75, 3.05) is 29.5 Å². The molecule has 0 unspecified atom stereocenters. The van der Waals surface area contributed by atoms with Gasteiger partial charge in [-0.2, -0.15) is 0 Å². The number of aliphatic imine (C=N–C) groups is 2. The molecule has 0 heterocycles. The number of benzene rings is 3. The Bertz CT molecular complexity index is 1190. The van der Waals surface area contributed by atoms with Crippen LogP contribution in [0.15, 0.2) is 77.4 Å². The van der Waals surface area contributed by atoms with Crippen LogP contribution in [0.5, 0.6) is 5.75 Å². The normalized spacial score (nSPS) is 11.3. The summed E-state index contributed by atoms with van der Waals surface area (Å²) in [6.07, 6.45) is 7.32. The van der Waals surface area contributed by atoms with Crippen LogP contribution >= 0.6 is 0 Å². The highest BCUT2D eigenvalue weighted by atomic mass is 16.5. The molecule has 0 amide bonds. The van der Waals surface area contributed by atoms with Crippen molar-refractivity contribution in [1.29, 1.82) is 0 Å². The van der Waals surface area contributed by atoms with Gasteiger partial charge >= 0.3 is 0 Å². The smallest absolute Gasteiger partial charge is 0.143 e. The molecular formula is C31H43N5O. The van der Waals surface area contributed by atoms with E-state index >= 15 is 0 Å². The lowest BCUT2D eigenvalue weighted by Gasteiger charge is -2.23. The fraction of sp³-hybridized carbons (Fsp3) is 0.355. The van der Waals surface area contributed by atoms with Crippen LogP contribution < -0.4 is 20.5 Å². The summed E-state index contributed by atoms with van der Waals surface area (Å²) in [6.45, 7) is 17.2. The zero-order valence-corrected chi connectivity index (χ0v) is 23.5. The first-order chi connectivity index (χ1) is 17.9. The van der Waals surface area contributed by atoms with E-state index < -0.39 is 0 Å². The van der Waals surface area contributed by atoms with Crippen LogP contribution in [0.1, 0.15) is 59.9 Å². The fourth-order valence-electron chi connectivity index (χ4n) is 3.70. The molecule has 37 heavy (non-hydrogen) atoms. The molecule has 198 valence electrons. The van der Waals surface area contributed by atoms with Crippen LogP contribution in [-0.2, 0) is 5.41 Å². The first-order valence-electron chi connectivity index (χ1n) is 13.0. The number of fused-ring (bicyclic) bond motifs is 1. The van der Waals surface area contributed by atoms with E-state index in [0.717, 1.165) is 46.4 Å². The maximum Gasteiger partial charge on any atom is 0.143 e. The monoisotopic (exact) mass is 501 g/mol. The highest BCUT2D eigenvalue weighted by Gasteiger charge is 2.16. The number of hydrogen-bond acceptors (Lipinski definition) is 5. The lowest BCUT2D eigenvalue weighted by Crippen LogP contribution is -2.17. The topological polar surface area (TPSA) is 61.2 Å². The molecular weight excluding hydrogens is 458 g/mol. The Labute approximate surface area is 223 Å². The van der Waals surface area contributed by atoms with Gasteiger partial charge in [0.15, 0.2) is 0 Å². The van der Waals surface area contributed by atoms with Crippen molar-refractivity contribution in [2.45, 2.75) is 59.8 Å². The van der Waals surface area contributed by atoms with Crippen LogP contribution in [0.4, 0.5) is 17.1 Å². The molecule has 0 bridgehead atoms. The molecule has 0 saturated heterocycles. The number of ether oxygens (including phenoxy) is 1. The van der Waals surface area contributed by atoms with Crippen molar-refractivity contribution in [3.8, 4) is 5.75 Å². The van der Waals surface area contributed by atoms with Gasteiger partial charge in [-0.05, 0) is 47.9 Å². The van der Waals surface area contributed by atoms with Gasteiger partial charge in [0, 0.05) is 17.0 Å². The minimum Gasteiger partial charge on any atom is -0.495 e. The number of nitrogens with zero attached hydrogens (tertiary/aromatic N) is 3. The molecule has 0 aromatic heterocycles. The first-order valence-corrected chi connectivity index (χ1v) is 13.0. The standard InChI is InChI=1S/C29H37N5O.C2H6/c1-7-9-18-30-20-31-21-34(8-2)27-16-15-25(23-12-10-11-13-24(23)27)32-33-26-19-22(29(3,4)5)14-17-28(26)35-6;1-2/h8,10-20,32-33H,2,7,9,21H2,1,3-6H3;1-2H3/b30-18?,31-20-;. The van der Waals surface area contributed by atoms with Crippen molar-refractivity contribution in [2.24, 2.45) is 9.98 Å². The molecule has 0 atom stereocenters. The van der Waals surface area contributed by atoms with E-state index in [1.165, 1.54) is 5.56 Å². The van der Waals surface area contributed by atoms with Crippen molar-refractivity contribution < 1.29 is 4.74 Å². The van der Waals surface area contributed by atoms with Gasteiger partial charge in [0.2, 0.25) is 0 Å². The predicted octanol–water partition coefficient (Wildman–Crippen LogP) is 8.42. The molecule has 0 radical (unpaired) electrons. The van der Waals surface area contributed by atoms with Crippen molar-refractivity contribution in [1.82, 2.24) is 0 Å². The second-order valence-electron chi connectivity index (χ2n) is 9.31. The van der Waals surface area contributed by atoms with Gasteiger partial charge in [0.05, 0.1) is 24.2 Å². The highest BCUT2D eigenvalue weighted by molar-refractivity contribution is 6.02. The quantitative estimate of drug-likeness (QED) is 0.157. The summed E-state index contributed by atoms with van der Waals surface area (Å²) in [5.41, 5.74) is 10.9. The zero-order valence-electron chi connectivity index (χ0n) is 23.5. The summed E-state index contributed by atoms with van der Waals surface area (Å²) in [7, 11) is 1.68. The molecule has 6 heteroatoms. The van der Waals surface area contributed by atoms with Gasteiger partial charge in [-0.25, -0.2) is 4.99 Å². The summed E-state index contributed by atoms with van der Waals surface area (Å²) in [5.74, 6) is 0.781. The van der Waals surface area contributed by atoms with E-state index in [-0.39, 0.29) is 5.41 Å². The SMILES string of the molecule is C=CN(C/N=C\N=CCCC)c1ccc(NNc2cc(C(C)(C)C)ccc2OC)c2ccccc12.CC. The number of hydrazine groups is 1. The Hall–Kier alpha value is -3.80. The maximum absolute atomic E-state index is 5.58. The number of unbranched alkanes of at least 4 members (excludes halogenated alkanes) is 1. The molecule has 0 spiro atoms. The second-order valence-corrected chi connectivity index (χ2v) is 9.31. The van der Waals surface area contributed by atoms with E-state index in [1.54, 1.807) is 19.6 Å². The molecule has 2 N–H and O–H groups in total. The van der Waals surface area contributed by atoms with Crippen LogP contribution in [0.2, 0.25) is 0 Å². The van der Waals surface area contributed by atoms with Crippen LogP contribution in [0, 0.1) is 0 Å². The van der Waals surface area contributed by atoms with Crippen LogP contribution in [0.3, 0.4) is 0 Å². The number of methoxy groups -OCH3 is 1. The Morgan fingerprint density at radius 3 is 2.32 bits per heavy atom. The molecule has 0 fully saturated rings. The van der Waals surface area contributed by atoms with Gasteiger partial charge in [0.1, 0.15) is 18.8 Å². The largest absolute Gasteiger partial charge is 0.495 e. The Morgan fingerprint density at radius 1 is 0.973 bits per heavy atom. The van der Waals surface area contributed by atoms with Crippen LogP contribution in [-0.4, -0.2) is 26.3 Å². The van der Waals surface area contributed by atoms with Gasteiger partial charge in [-0.3, -0.25) is 10.4 Å². The summed E-state index contributed by atoms with van der Waals surface area (Å²) < 4.78 is 5.58. The zero-order chi connectivity index (χ0) is 27.3. The number of rotatable bonds is 11. The van der Waals surface area contributed by atoms with E-state index in [2.05, 4.69) is 91.5 Å². The Morgan fingerprint density at radius 2 is 1.68 bits per heavy atom. The third-order valence-electron chi connectivity index (χ3n) is 5.73. The number of anilines is 3. The second kappa shape index (κ2) is 14.7. The molecule has 0 aliphatic heterocycles. The number of hydrogen-bond donors (Lipinski definition) is 2. The summed E-state index contributed by atoms with van der Waals surface area (Å²) >= 11 is 0. The molecule has 0 aliphatic carbocycles.